The average molecular weight is 379 g/mol. The Morgan fingerprint density at radius 3 is 2.12 bits per heavy atom. The summed E-state index contributed by atoms with van der Waals surface area (Å²) in [6, 6.07) is 20.8. The van der Waals surface area contributed by atoms with Crippen LogP contribution in [0, 0.1) is 10.2 Å². The summed E-state index contributed by atoms with van der Waals surface area (Å²) >= 11 is 1.80. The first kappa shape index (κ1) is 19.3. The van der Waals surface area contributed by atoms with Gasteiger partial charge in [0.1, 0.15) is 5.75 Å². The first-order chi connectivity index (χ1) is 11.8. The van der Waals surface area contributed by atoms with Crippen molar-refractivity contribution < 1.29 is 33.6 Å². The van der Waals surface area contributed by atoms with Crippen LogP contribution in [0.1, 0.15) is 10.4 Å². The van der Waals surface area contributed by atoms with Crippen LogP contribution >= 0.6 is 11.3 Å². The number of methoxy groups -OCH3 is 1. The van der Waals surface area contributed by atoms with Gasteiger partial charge in [-0.25, -0.2) is 18.6 Å². The van der Waals surface area contributed by atoms with Gasteiger partial charge < -0.3 is 4.74 Å². The Hall–Kier alpha value is -2.06. The van der Waals surface area contributed by atoms with Crippen molar-refractivity contribution in [1.82, 2.24) is 0 Å². The van der Waals surface area contributed by atoms with Crippen molar-refractivity contribution >= 4 is 33.6 Å². The molecule has 0 saturated heterocycles. The van der Waals surface area contributed by atoms with Crippen LogP contribution in [0.4, 0.5) is 0 Å². The second-order valence-corrected chi connectivity index (χ2v) is 6.73. The molecule has 0 bridgehead atoms. The second-order valence-electron chi connectivity index (χ2n) is 4.86. The molecule has 0 saturated carbocycles. The molecule has 3 rings (SSSR count). The van der Waals surface area contributed by atoms with Crippen molar-refractivity contribution in [3.63, 3.8) is 0 Å². The summed E-state index contributed by atoms with van der Waals surface area (Å²) in [4.78, 5) is 1.25. The molecule has 0 spiro atoms. The van der Waals surface area contributed by atoms with E-state index >= 15 is 0 Å². The normalized spacial score (nSPS) is 11.2. The fraction of sp³-hybridized carbons (Fsp3) is 0.0556. The van der Waals surface area contributed by atoms with E-state index in [1.54, 1.807) is 18.4 Å². The van der Waals surface area contributed by atoms with Crippen LogP contribution in [0.3, 0.4) is 0 Å². The van der Waals surface area contributed by atoms with E-state index in [9.17, 15) is 0 Å². The smallest absolute Gasteiger partial charge is 0.238 e. The van der Waals surface area contributed by atoms with Gasteiger partial charge in [0.05, 0.1) is 7.11 Å². The predicted octanol–water partition coefficient (Wildman–Crippen LogP) is 0.605. The molecule has 0 unspecified atom stereocenters. The van der Waals surface area contributed by atoms with E-state index < -0.39 is 10.2 Å². The maximum Gasteiger partial charge on any atom is 0.238 e. The minimum atomic E-state index is -4.94. The van der Waals surface area contributed by atoms with E-state index in [2.05, 4.69) is 60.7 Å². The van der Waals surface area contributed by atoms with Crippen LogP contribution < -0.4 is 23.4 Å². The van der Waals surface area contributed by atoms with E-state index in [0.717, 1.165) is 5.75 Å². The van der Waals surface area contributed by atoms with Gasteiger partial charge in [0.15, 0.2) is 0 Å². The van der Waals surface area contributed by atoms with Gasteiger partial charge in [0.25, 0.3) is 0 Å². The lowest BCUT2D eigenvalue weighted by atomic mass is 10.2. The third kappa shape index (κ3) is 7.15. The SMILES string of the molecule is COc1ccc(/C=C/c2ccc3ccccc3[s+]2)cc1.[O-][Cl+3]([O-])([O-])[O-]. The summed E-state index contributed by atoms with van der Waals surface area (Å²) in [5.41, 5.74) is 1.17. The lowest BCUT2D eigenvalue weighted by Crippen LogP contribution is -2.68. The van der Waals surface area contributed by atoms with Crippen molar-refractivity contribution in [3.05, 3.63) is 71.1 Å². The number of rotatable bonds is 3. The predicted molar refractivity (Wildman–Crippen MR) is 88.2 cm³/mol. The Kier molecular flexibility index (Phi) is 6.83. The van der Waals surface area contributed by atoms with Gasteiger partial charge in [-0.3, -0.25) is 0 Å². The van der Waals surface area contributed by atoms with Gasteiger partial charge in [-0.2, -0.15) is 0 Å². The van der Waals surface area contributed by atoms with E-state index in [0.29, 0.717) is 0 Å². The number of hydrogen-bond acceptors (Lipinski definition) is 5. The molecule has 5 nitrogen and oxygen atoms in total. The minimum absolute atomic E-state index is 0.885. The molecule has 2 aromatic carbocycles. The second kappa shape index (κ2) is 8.87. The standard InChI is InChI=1S/C18H15OS.ClHO4/c1-19-16-10-6-14(7-11-16)8-12-17-13-9-15-4-2-3-5-18(15)20-17;2-1(3,4)5/h2-13H,1H3;(H,2,3,4,5)/q+1;/p-1/b12-8+;. The maximum absolute atomic E-state index is 8.49. The van der Waals surface area contributed by atoms with Gasteiger partial charge in [0.2, 0.25) is 20.9 Å². The van der Waals surface area contributed by atoms with Crippen LogP contribution in [0.15, 0.2) is 60.7 Å². The molecule has 1 heterocycles. The third-order valence-corrected chi connectivity index (χ3v) is 4.23. The lowest BCUT2D eigenvalue weighted by Gasteiger charge is -2.17. The zero-order valence-electron chi connectivity index (χ0n) is 13.3. The first-order valence-corrected chi connectivity index (χ1v) is 9.16. The molecular weight excluding hydrogens is 364 g/mol. The van der Waals surface area contributed by atoms with Gasteiger partial charge in [-0.15, -0.1) is 10.2 Å². The molecule has 0 aliphatic heterocycles. The monoisotopic (exact) mass is 378 g/mol. The highest BCUT2D eigenvalue weighted by molar-refractivity contribution is 7.19. The van der Waals surface area contributed by atoms with Gasteiger partial charge in [-0.1, -0.05) is 24.3 Å². The summed E-state index contributed by atoms with van der Waals surface area (Å²) < 4.78 is 40.4. The Bertz CT molecular complexity index is 838. The Labute approximate surface area is 151 Å². The molecule has 1 aromatic heterocycles. The summed E-state index contributed by atoms with van der Waals surface area (Å²) in [6.45, 7) is 0. The van der Waals surface area contributed by atoms with Gasteiger partial charge in [0, 0.05) is 23.6 Å². The molecule has 0 aliphatic rings. The number of fused-ring (bicyclic) bond motifs is 1. The molecule has 0 atom stereocenters. The summed E-state index contributed by atoms with van der Waals surface area (Å²) in [6.07, 6.45) is 4.28. The third-order valence-electron chi connectivity index (χ3n) is 3.13. The molecule has 0 aliphatic carbocycles. The summed E-state index contributed by atoms with van der Waals surface area (Å²) in [5.74, 6) is 0.885. The number of hydrogen-bond donors (Lipinski definition) is 0. The molecule has 0 fully saturated rings. The van der Waals surface area contributed by atoms with Crippen molar-refractivity contribution in [2.75, 3.05) is 7.11 Å². The van der Waals surface area contributed by atoms with E-state index in [1.807, 2.05) is 12.1 Å². The average Bonchev–Trinajstić information content (AvgIpc) is 2.59. The van der Waals surface area contributed by atoms with Crippen LogP contribution in [0.25, 0.3) is 22.2 Å². The highest BCUT2D eigenvalue weighted by Gasteiger charge is 2.07. The van der Waals surface area contributed by atoms with E-state index in [-0.39, 0.29) is 0 Å². The fourth-order valence-corrected chi connectivity index (χ4v) is 2.95. The van der Waals surface area contributed by atoms with Crippen molar-refractivity contribution in [2.24, 2.45) is 0 Å². The molecule has 3 aromatic rings. The topological polar surface area (TPSA) is 101 Å². The molecular formula is C18H15ClO5S. The Balaban J connectivity index is 0.000000399. The highest BCUT2D eigenvalue weighted by Crippen LogP contribution is 2.23. The molecule has 7 heteroatoms. The van der Waals surface area contributed by atoms with Crippen LogP contribution in [-0.2, 0) is 0 Å². The zero-order valence-corrected chi connectivity index (χ0v) is 14.8. The van der Waals surface area contributed by atoms with Gasteiger partial charge >= 0.3 is 0 Å². The highest BCUT2D eigenvalue weighted by atomic mass is 35.7. The molecule has 0 amide bonds. The van der Waals surface area contributed by atoms with Crippen molar-refractivity contribution in [3.8, 4) is 5.75 Å². The minimum Gasteiger partial charge on any atom is -0.497 e. The largest absolute Gasteiger partial charge is 0.497 e. The maximum atomic E-state index is 8.49. The summed E-state index contributed by atoms with van der Waals surface area (Å²) in [7, 11) is -3.26. The molecule has 25 heavy (non-hydrogen) atoms. The molecule has 130 valence electrons. The Morgan fingerprint density at radius 2 is 1.48 bits per heavy atom. The quantitative estimate of drug-likeness (QED) is 0.621. The number of halogens is 1. The van der Waals surface area contributed by atoms with Crippen LogP contribution in [0.5, 0.6) is 5.75 Å². The fourth-order valence-electron chi connectivity index (χ4n) is 2.03. The zero-order chi connectivity index (χ0) is 18.3. The summed E-state index contributed by atoms with van der Waals surface area (Å²) in [5, 5.41) is 1.29. The van der Waals surface area contributed by atoms with Crippen molar-refractivity contribution in [1.29, 1.82) is 0 Å². The van der Waals surface area contributed by atoms with Crippen molar-refractivity contribution in [2.45, 2.75) is 0 Å². The van der Waals surface area contributed by atoms with Crippen LogP contribution in [0.2, 0.25) is 0 Å². The van der Waals surface area contributed by atoms with Crippen LogP contribution in [-0.4, -0.2) is 7.11 Å². The number of benzene rings is 2. The Morgan fingerprint density at radius 1 is 0.840 bits per heavy atom. The lowest BCUT2D eigenvalue weighted by molar-refractivity contribution is -2.00. The van der Waals surface area contributed by atoms with E-state index in [4.69, 9.17) is 23.4 Å². The van der Waals surface area contributed by atoms with Gasteiger partial charge in [-0.05, 0) is 35.9 Å². The molecule has 0 N–H and O–H groups in total. The number of ether oxygens (including phenoxy) is 1. The van der Waals surface area contributed by atoms with E-state index in [1.165, 1.54) is 20.5 Å². The first-order valence-electron chi connectivity index (χ1n) is 7.11. The molecule has 0 radical (unpaired) electrons.